The van der Waals surface area contributed by atoms with Gasteiger partial charge in [-0.25, -0.2) is 0 Å². The number of phenolic OH excluding ortho intramolecular Hbond substituents is 1. The fraction of sp³-hybridized carbons (Fsp3) is 0.564. The fourth-order valence-corrected chi connectivity index (χ4v) is 20.1. The molecule has 135 heavy (non-hydrogen) atoms. The van der Waals surface area contributed by atoms with Crippen molar-refractivity contribution in [3.8, 4) is 5.75 Å². The molecule has 0 radical (unpaired) electrons. The van der Waals surface area contributed by atoms with Crippen LogP contribution >= 0.6 is 11.6 Å². The molecule has 0 bridgehead atoms. The molecule has 4 aromatic carbocycles. The zero-order chi connectivity index (χ0) is 98.1. The molecule has 2 heterocycles. The molecule has 4 fully saturated rings. The van der Waals surface area contributed by atoms with Crippen molar-refractivity contribution < 1.29 is 72.5 Å². The first-order valence-electron chi connectivity index (χ1n) is 48.2. The van der Waals surface area contributed by atoms with E-state index in [1.807, 2.05) is 90.1 Å². The van der Waals surface area contributed by atoms with Gasteiger partial charge in [0, 0.05) is 108 Å². The van der Waals surface area contributed by atoms with Gasteiger partial charge in [-0.2, -0.15) is 0 Å². The highest BCUT2D eigenvalue weighted by Crippen LogP contribution is 2.66. The van der Waals surface area contributed by atoms with E-state index in [1.165, 1.54) is 86.7 Å². The Hall–Kier alpha value is -11.9. The lowest BCUT2D eigenvalue weighted by molar-refractivity contribution is -0.142. The fourth-order valence-electron chi connectivity index (χ4n) is 20.0. The monoisotopic (exact) mass is 1880 g/mol. The summed E-state index contributed by atoms with van der Waals surface area (Å²) in [7, 11) is 0. The average molecular weight is 1880 g/mol. The maximum absolute atomic E-state index is 15.2. The van der Waals surface area contributed by atoms with Crippen LogP contribution in [0.4, 0.5) is 0 Å². The summed E-state index contributed by atoms with van der Waals surface area (Å²) in [5.41, 5.74) is 9.58. The second-order valence-electron chi connectivity index (χ2n) is 37.3. The lowest BCUT2D eigenvalue weighted by Crippen LogP contribution is -2.61. The summed E-state index contributed by atoms with van der Waals surface area (Å²) in [6.07, 6.45) is 15.7. The Balaban J connectivity index is 0.000000761. The number of nitrogens with one attached hydrogen (secondary N) is 13. The topological polar surface area (TPSA) is 486 Å². The van der Waals surface area contributed by atoms with E-state index in [0.717, 1.165) is 59.8 Å². The second kappa shape index (κ2) is 52.3. The van der Waals surface area contributed by atoms with Crippen LogP contribution in [0.2, 0.25) is 5.02 Å². The Morgan fingerprint density at radius 1 is 0.541 bits per heavy atom. The van der Waals surface area contributed by atoms with Crippen LogP contribution in [0, 0.1) is 40.4 Å². The van der Waals surface area contributed by atoms with Crippen LogP contribution in [0.25, 0.3) is 10.8 Å². The minimum atomic E-state index is -1.82. The number of primary amides is 1. The molecular weight excluding hydrogens is 1740 g/mol. The molecular formula is C101H143ClN18O15. The van der Waals surface area contributed by atoms with Crippen molar-refractivity contribution in [2.24, 2.45) is 56.1 Å². The minimum Gasteiger partial charge on any atom is -0.508 e. The highest BCUT2D eigenvalue weighted by Gasteiger charge is 2.60. The number of halogens is 1. The number of nitrogens with zero attached hydrogens (tertiary/aromatic N) is 4. The lowest BCUT2D eigenvalue weighted by Gasteiger charge is -2.58. The number of unbranched alkanes of at least 4 members (excludes halogenated alkanes) is 2. The third-order valence-electron chi connectivity index (χ3n) is 27.0. The number of aliphatic hydroxyl groups excluding tert-OH is 1. The van der Waals surface area contributed by atoms with E-state index in [-0.39, 0.29) is 86.8 Å². The number of aromatic hydroxyl groups is 1. The molecule has 1 aromatic heterocycles. The number of allylic oxidation sites excluding steroid dienone is 1. The van der Waals surface area contributed by atoms with Gasteiger partial charge in [-0.15, -0.1) is 0 Å². The van der Waals surface area contributed by atoms with Crippen molar-refractivity contribution >= 4 is 111 Å². The molecule has 17 N–H and O–H groups in total. The summed E-state index contributed by atoms with van der Waals surface area (Å²) in [5, 5.41) is 60.9. The van der Waals surface area contributed by atoms with Crippen LogP contribution in [0.1, 0.15) is 208 Å². The summed E-state index contributed by atoms with van der Waals surface area (Å²) in [4.78, 5) is 197. The van der Waals surface area contributed by atoms with E-state index in [9.17, 15) is 63.0 Å². The quantitative estimate of drug-likeness (QED) is 0.0106. The van der Waals surface area contributed by atoms with E-state index in [4.69, 9.17) is 17.3 Å². The van der Waals surface area contributed by atoms with Gasteiger partial charge in [-0.1, -0.05) is 118 Å². The number of aromatic nitrogens is 1. The number of hydrogen-bond acceptors (Lipinski definition) is 18. The predicted molar refractivity (Wildman–Crippen MR) is 520 cm³/mol. The first-order chi connectivity index (χ1) is 64.6. The summed E-state index contributed by atoms with van der Waals surface area (Å²) in [6.45, 7) is 22.9. The van der Waals surface area contributed by atoms with E-state index < -0.39 is 132 Å². The Morgan fingerprint density at radius 2 is 1.06 bits per heavy atom. The number of Topliss-reactive ketones (excluding diaryl/α,β-unsaturated/α-hetero) is 1. The molecule has 0 unspecified atom stereocenters. The highest BCUT2D eigenvalue weighted by atomic mass is 35.5. The summed E-state index contributed by atoms with van der Waals surface area (Å²) >= 11 is 6.27. The minimum absolute atomic E-state index is 0.0340. The highest BCUT2D eigenvalue weighted by molar-refractivity contribution is 6.30. The number of guanidine groups is 2. The molecule has 4 aliphatic carbocycles. The van der Waals surface area contributed by atoms with Crippen molar-refractivity contribution in [3.63, 3.8) is 0 Å². The number of hydrogen-bond donors (Lipinski definition) is 16. The molecule has 11 amide bonds. The molecule has 1 aliphatic heterocycles. The average Bonchev–Trinajstić information content (AvgIpc) is 1.66. The van der Waals surface area contributed by atoms with Gasteiger partial charge in [0.1, 0.15) is 72.0 Å². The standard InChI is InChI=1S/C80H113ClN18O13.C21H30O2/c1-9-84-79(85-10-2)88-39-17-15-27-60(70(104)94-62(42-49(5)6)71(105)93-61(28-16-18-40-89-80(86-11-3)87-12-4)78(112)99-41-21-29-68(99)77(111)90-50(7)69(82)103)92-72(106)63(44-53-32-36-58(102)37-33-53)97-76(110)67(48-100)98-74(108)65(45-54-22-20-38-83-47-54)96-73(107)64(43-52-30-34-57(81)35-31-52)95-75(109)66(91-51(8)101)46-56-25-19-24-55-23-13-14-26-59(55)56;1-13(22)17-6-7-18-16-5-4-14-12-15(23)8-10-20(14,2)19(16)9-11-21(17,18)3/h13-14,19-20,22-26,30-38,47,49-50,60-68,100,102H,9-12,15-18,21,27-29,39-46,48H2,1-8H3,(H2,82,103)(H,90,111)(H,91,101)(H,92,106)(H,93,105)(H,94,104)(H,95,109)(H,96,107)(H,97,110)(H,98,108)(H2,84,85,88)(H2,86,87,89);12,16-19H,4-11H2,1-3H3/t50-,60-,61+,62+,63+,64-,65-,66-,67+,68+;16-,17+,18-,19-,20-,21+/m10/s1. The first kappa shape index (κ1) is 107. The number of benzene rings is 4. The number of aliphatic imine (C=N–C) groups is 2. The molecule has 3 saturated carbocycles. The summed E-state index contributed by atoms with van der Waals surface area (Å²) in [6, 6.07) is 15.1. The van der Waals surface area contributed by atoms with E-state index in [2.05, 4.69) is 97.9 Å². The molecule has 734 valence electrons. The van der Waals surface area contributed by atoms with E-state index in [1.54, 1.807) is 43.3 Å². The maximum atomic E-state index is 15.2. The van der Waals surface area contributed by atoms with Crippen molar-refractivity contribution in [2.75, 3.05) is 52.4 Å². The molecule has 34 heteroatoms. The Kier molecular flexibility index (Phi) is 41.4. The van der Waals surface area contributed by atoms with Crippen LogP contribution in [-0.4, -0.2) is 221 Å². The molecule has 33 nitrogen and oxygen atoms in total. The lowest BCUT2D eigenvalue weighted by atomic mass is 9.47. The van der Waals surface area contributed by atoms with Crippen LogP contribution in [0.5, 0.6) is 5.75 Å². The molecule has 5 aliphatic rings. The number of likely N-dealkylation sites (tertiary alicyclic amines) is 1. The SMILES string of the molecule is CC(=O)[C@H]1CC[C@H]2[C@@H]3CCC4=CC(=O)CC[C@]4(C)[C@H]3CC[C@]12C.CCNC(=NCCCC[C@H](NC(=O)[C@H](CC(C)C)NC(=O)[C@@H](CCCCN=C(NCC)NCC)NC(=O)[C@H](Cc1ccc(O)cc1)NC(=O)[C@H](CO)NC(=O)[C@@H](Cc1cccnc1)NC(=O)[C@@H](Cc1ccc(Cl)cc1)NC(=O)[C@@H](Cc1cccc2ccccc12)NC(C)=O)C(=O)N1CCC[C@H]1C(=O)N[C@H](C)C(N)=O)NCC. The van der Waals surface area contributed by atoms with Crippen molar-refractivity contribution in [2.45, 2.75) is 271 Å². The van der Waals surface area contributed by atoms with Crippen molar-refractivity contribution in [1.82, 2.24) is 79.0 Å². The third-order valence-corrected chi connectivity index (χ3v) is 27.2. The second-order valence-corrected chi connectivity index (χ2v) is 37.7. The number of aliphatic hydroxyl groups is 1. The predicted octanol–water partition coefficient (Wildman–Crippen LogP) is 7.00. The van der Waals surface area contributed by atoms with Crippen LogP contribution < -0.4 is 74.9 Å². The molecule has 10 rings (SSSR count). The number of fused-ring (bicyclic) bond motifs is 6. The smallest absolute Gasteiger partial charge is 0.245 e. The molecule has 1 saturated heterocycles. The Bertz CT molecular complexity index is 4960. The number of nitrogens with two attached hydrogens (primary N) is 1. The maximum Gasteiger partial charge on any atom is 0.245 e. The summed E-state index contributed by atoms with van der Waals surface area (Å²) in [5.74, 6) is -4.44. The zero-order valence-electron chi connectivity index (χ0n) is 80.2. The number of rotatable bonds is 45. The molecule has 5 aromatic rings. The number of phenols is 1. The number of carbonyl (C=O) groups is 13. The number of carbonyl (C=O) groups excluding carboxylic acids is 13. The normalized spacial score (nSPS) is 20.6. The van der Waals surface area contributed by atoms with Gasteiger partial charge in [0.15, 0.2) is 17.7 Å². The largest absolute Gasteiger partial charge is 0.508 e. The first-order valence-corrected chi connectivity index (χ1v) is 48.6. The van der Waals surface area contributed by atoms with Crippen molar-refractivity contribution in [3.05, 3.63) is 154 Å². The summed E-state index contributed by atoms with van der Waals surface area (Å²) < 4.78 is 0. The Morgan fingerprint density at radius 3 is 1.61 bits per heavy atom. The third kappa shape index (κ3) is 30.8. The van der Waals surface area contributed by atoms with Crippen LogP contribution in [0.3, 0.4) is 0 Å². The van der Waals surface area contributed by atoms with Gasteiger partial charge in [0.05, 0.1) is 6.61 Å². The van der Waals surface area contributed by atoms with Gasteiger partial charge in [-0.3, -0.25) is 77.3 Å². The van der Waals surface area contributed by atoms with E-state index >= 15 is 9.59 Å². The van der Waals surface area contributed by atoms with Crippen LogP contribution in [0.15, 0.2) is 137 Å². The van der Waals surface area contributed by atoms with Gasteiger partial charge in [-0.05, 0) is 248 Å². The van der Waals surface area contributed by atoms with Crippen LogP contribution in [-0.2, 0) is 88.0 Å². The number of amides is 11. The van der Waals surface area contributed by atoms with E-state index in [0.29, 0.717) is 116 Å². The van der Waals surface area contributed by atoms with Gasteiger partial charge in [0.25, 0.3) is 0 Å². The van der Waals surface area contributed by atoms with Gasteiger partial charge in [0.2, 0.25) is 65.0 Å². The molecule has 16 atom stereocenters. The van der Waals surface area contributed by atoms with Crippen molar-refractivity contribution in [1.29, 1.82) is 0 Å². The Labute approximate surface area is 798 Å². The molecule has 0 spiro atoms. The van der Waals surface area contributed by atoms with Gasteiger partial charge >= 0.3 is 0 Å². The number of pyridine rings is 1. The zero-order valence-corrected chi connectivity index (χ0v) is 80.9. The van der Waals surface area contributed by atoms with Gasteiger partial charge < -0.3 is 90.0 Å². The number of ketones is 2.